The minimum Gasteiger partial charge on any atom is -0.455 e. The number of nitrogens with zero attached hydrogens (tertiary/aromatic N) is 3. The normalized spacial score (nSPS) is 13.0. The van der Waals surface area contributed by atoms with Crippen LogP contribution >= 0.6 is 11.3 Å². The number of furan rings is 1. The SMILES string of the molecule is [2H]c1c([2H])c([2H])c(-c2cc(-c3nc(-c4ccc5sc6c7ccccc7ccc6c5c4)nc(-c4ccc(-c5cccc6ccccc56)c5ccccc45)n3)c3oc4ccccc4c3c2)c([2H])c1[2H]. The molecule has 288 valence electrons. The zero-order chi connectivity index (χ0) is 45.1. The molecule has 4 nitrogen and oxygen atoms in total. The highest BCUT2D eigenvalue weighted by molar-refractivity contribution is 7.26. The molecule has 0 aliphatic heterocycles. The topological polar surface area (TPSA) is 51.8 Å². The van der Waals surface area contributed by atoms with Crippen molar-refractivity contribution in [2.24, 2.45) is 0 Å². The van der Waals surface area contributed by atoms with Crippen LogP contribution in [0.2, 0.25) is 0 Å². The van der Waals surface area contributed by atoms with Gasteiger partial charge in [0.25, 0.3) is 0 Å². The van der Waals surface area contributed by atoms with Gasteiger partial charge in [-0.15, -0.1) is 11.3 Å². The molecule has 62 heavy (non-hydrogen) atoms. The van der Waals surface area contributed by atoms with Crippen LogP contribution in [0.15, 0.2) is 204 Å². The van der Waals surface area contributed by atoms with Crippen LogP contribution < -0.4 is 0 Å². The third-order valence-electron chi connectivity index (χ3n) is 12.0. The Labute approximate surface area is 367 Å². The number of aromatic nitrogens is 3. The van der Waals surface area contributed by atoms with Crippen molar-refractivity contribution >= 4 is 85.8 Å². The van der Waals surface area contributed by atoms with Gasteiger partial charge in [-0.1, -0.05) is 158 Å². The first-order valence-corrected chi connectivity index (χ1v) is 21.2. The summed E-state index contributed by atoms with van der Waals surface area (Å²) in [5, 5.41) is 10.5. The standard InChI is InChI=1S/C57H33N3OS/c1-2-13-34(14-3-1)38-32-49-45-22-10-11-24-51(45)61-53(49)50(33-38)57-59-55(37-26-30-52-48(31-37)46-27-25-36-16-5-7-19-40(36)54(46)62-52)58-56(60-57)47-29-28-44(42-20-8-9-21-43(42)47)41-23-12-17-35-15-4-6-18-39(35)41/h1-33H/i1D,2D,3D,13D,14D. The number of fused-ring (bicyclic) bond motifs is 10. The second kappa shape index (κ2) is 13.8. The third-order valence-corrected chi connectivity index (χ3v) is 13.2. The molecule has 0 atom stereocenters. The van der Waals surface area contributed by atoms with Crippen LogP contribution in [0.4, 0.5) is 0 Å². The molecule has 0 aliphatic carbocycles. The van der Waals surface area contributed by atoms with E-state index in [4.69, 9.17) is 26.2 Å². The van der Waals surface area contributed by atoms with E-state index in [1.54, 1.807) is 17.4 Å². The number of para-hydroxylation sites is 1. The molecule has 0 amide bonds. The van der Waals surface area contributed by atoms with Crippen molar-refractivity contribution in [3.63, 3.8) is 0 Å². The summed E-state index contributed by atoms with van der Waals surface area (Å²) in [6.07, 6.45) is 0. The molecule has 0 aliphatic rings. The summed E-state index contributed by atoms with van der Waals surface area (Å²) in [4.78, 5) is 15.9. The molecule has 0 saturated carbocycles. The Morgan fingerprint density at radius 1 is 0.387 bits per heavy atom. The van der Waals surface area contributed by atoms with Crippen molar-refractivity contribution in [2.45, 2.75) is 0 Å². The van der Waals surface area contributed by atoms with Gasteiger partial charge in [-0.3, -0.25) is 0 Å². The molecular formula is C57H33N3OS. The largest absolute Gasteiger partial charge is 0.455 e. The van der Waals surface area contributed by atoms with E-state index in [9.17, 15) is 0 Å². The van der Waals surface area contributed by atoms with E-state index >= 15 is 0 Å². The fourth-order valence-corrected chi connectivity index (χ4v) is 10.3. The van der Waals surface area contributed by atoms with Crippen molar-refractivity contribution in [1.29, 1.82) is 0 Å². The molecule has 5 heteroatoms. The highest BCUT2D eigenvalue weighted by Crippen LogP contribution is 2.43. The molecule has 0 radical (unpaired) electrons. The van der Waals surface area contributed by atoms with Gasteiger partial charge >= 0.3 is 0 Å². The lowest BCUT2D eigenvalue weighted by molar-refractivity contribution is 0.669. The number of hydrogen-bond donors (Lipinski definition) is 0. The van der Waals surface area contributed by atoms with Crippen LogP contribution in [0.1, 0.15) is 6.85 Å². The second-order valence-corrected chi connectivity index (χ2v) is 16.6. The minimum atomic E-state index is -0.456. The lowest BCUT2D eigenvalue weighted by Crippen LogP contribution is -2.01. The van der Waals surface area contributed by atoms with Crippen LogP contribution in [-0.4, -0.2) is 15.0 Å². The van der Waals surface area contributed by atoms with Gasteiger partial charge in [0.1, 0.15) is 11.2 Å². The molecule has 10 aromatic carbocycles. The first kappa shape index (κ1) is 30.1. The molecule has 13 aromatic rings. The molecule has 0 N–H and O–H groups in total. The van der Waals surface area contributed by atoms with Crippen molar-refractivity contribution in [1.82, 2.24) is 15.0 Å². The summed E-state index contributed by atoms with van der Waals surface area (Å²) in [5.74, 6) is 1.20. The summed E-state index contributed by atoms with van der Waals surface area (Å²) in [7, 11) is 0. The first-order chi connectivity index (χ1) is 32.8. The Hall–Kier alpha value is -7.99. The predicted molar refractivity (Wildman–Crippen MR) is 260 cm³/mol. The van der Waals surface area contributed by atoms with Crippen molar-refractivity contribution < 1.29 is 11.3 Å². The summed E-state index contributed by atoms with van der Waals surface area (Å²) < 4.78 is 52.5. The quantitative estimate of drug-likeness (QED) is 0.174. The lowest BCUT2D eigenvalue weighted by atomic mass is 9.92. The average Bonchev–Trinajstić information content (AvgIpc) is 3.95. The number of hydrogen-bond acceptors (Lipinski definition) is 5. The van der Waals surface area contributed by atoms with Crippen molar-refractivity contribution in [3.8, 4) is 56.4 Å². The minimum absolute atomic E-state index is 0.0752. The summed E-state index contributed by atoms with van der Waals surface area (Å²) in [6, 6.07) is 55.9. The highest BCUT2D eigenvalue weighted by Gasteiger charge is 2.22. The van der Waals surface area contributed by atoms with E-state index in [-0.39, 0.29) is 17.6 Å². The maximum atomic E-state index is 8.99. The van der Waals surface area contributed by atoms with Gasteiger partial charge < -0.3 is 4.42 Å². The molecular weight excluding hydrogens is 775 g/mol. The lowest BCUT2D eigenvalue weighted by Gasteiger charge is -2.15. The van der Waals surface area contributed by atoms with Gasteiger partial charge in [0.15, 0.2) is 17.5 Å². The fourth-order valence-electron chi connectivity index (χ4n) is 9.11. The highest BCUT2D eigenvalue weighted by atomic mass is 32.1. The van der Waals surface area contributed by atoms with E-state index in [1.165, 1.54) is 15.5 Å². The Morgan fingerprint density at radius 2 is 1.02 bits per heavy atom. The van der Waals surface area contributed by atoms with Gasteiger partial charge in [0.05, 0.1) is 12.4 Å². The van der Waals surface area contributed by atoms with E-state index in [0.29, 0.717) is 45.2 Å². The van der Waals surface area contributed by atoms with Crippen molar-refractivity contribution in [2.75, 3.05) is 0 Å². The summed E-state index contributed by atoms with van der Waals surface area (Å²) in [5.41, 5.74) is 5.92. The van der Waals surface area contributed by atoms with Crippen LogP contribution in [0.3, 0.4) is 0 Å². The predicted octanol–water partition coefficient (Wildman–Crippen LogP) is 15.9. The molecule has 0 fully saturated rings. The van der Waals surface area contributed by atoms with E-state index in [2.05, 4.69) is 127 Å². The Bertz CT molecular complexity index is 4220. The number of thiophene rings is 1. The van der Waals surface area contributed by atoms with Crippen LogP contribution in [0, 0.1) is 0 Å². The Balaban J connectivity index is 1.10. The molecule has 0 bridgehead atoms. The Morgan fingerprint density at radius 3 is 1.85 bits per heavy atom. The van der Waals surface area contributed by atoms with Crippen LogP contribution in [0.25, 0.3) is 131 Å². The second-order valence-electron chi connectivity index (χ2n) is 15.5. The molecule has 0 saturated heterocycles. The zero-order valence-electron chi connectivity index (χ0n) is 37.8. The molecule has 13 rings (SSSR count). The average molecular weight is 813 g/mol. The first-order valence-electron chi connectivity index (χ1n) is 22.9. The maximum absolute atomic E-state index is 8.99. The molecule has 0 spiro atoms. The zero-order valence-corrected chi connectivity index (χ0v) is 33.6. The van der Waals surface area contributed by atoms with Gasteiger partial charge in [0, 0.05) is 42.1 Å². The van der Waals surface area contributed by atoms with Crippen molar-refractivity contribution in [3.05, 3.63) is 200 Å². The fraction of sp³-hybridized carbons (Fsp3) is 0. The third kappa shape index (κ3) is 5.49. The number of rotatable bonds is 5. The Kier molecular flexibility index (Phi) is 6.69. The van der Waals surface area contributed by atoms with Crippen LogP contribution in [0.5, 0.6) is 0 Å². The monoisotopic (exact) mass is 812 g/mol. The van der Waals surface area contributed by atoms with E-state index in [1.807, 2.05) is 36.4 Å². The van der Waals surface area contributed by atoms with Gasteiger partial charge in [-0.2, -0.15) is 0 Å². The maximum Gasteiger partial charge on any atom is 0.167 e. The smallest absolute Gasteiger partial charge is 0.167 e. The number of benzene rings is 10. The summed E-state index contributed by atoms with van der Waals surface area (Å²) in [6.45, 7) is 0. The van der Waals surface area contributed by atoms with Gasteiger partial charge in [-0.25, -0.2) is 15.0 Å². The van der Waals surface area contributed by atoms with Gasteiger partial charge in [0.2, 0.25) is 0 Å². The molecule has 0 unspecified atom stereocenters. The van der Waals surface area contributed by atoms with Gasteiger partial charge in [-0.05, 0) is 97.0 Å². The summed E-state index contributed by atoms with van der Waals surface area (Å²) >= 11 is 1.77. The van der Waals surface area contributed by atoms with E-state index in [0.717, 1.165) is 64.7 Å². The molecule has 3 heterocycles. The molecule has 3 aromatic heterocycles. The van der Waals surface area contributed by atoms with Crippen LogP contribution in [-0.2, 0) is 0 Å². The van der Waals surface area contributed by atoms with E-state index < -0.39 is 18.1 Å².